The van der Waals surface area contributed by atoms with Crippen molar-refractivity contribution in [3.63, 3.8) is 0 Å². The van der Waals surface area contributed by atoms with Crippen molar-refractivity contribution in [1.82, 2.24) is 4.90 Å². The maximum Gasteiger partial charge on any atom is 0.0821 e. The summed E-state index contributed by atoms with van der Waals surface area (Å²) in [5.41, 5.74) is 5.37. The number of hydrogen-bond acceptors (Lipinski definition) is 2. The van der Waals surface area contributed by atoms with Crippen molar-refractivity contribution in [2.75, 3.05) is 13.1 Å². The fraction of sp³-hybridized carbons (Fsp3) is 0.875. The maximum absolute atomic E-state index is 5.94. The summed E-state index contributed by atoms with van der Waals surface area (Å²) >= 11 is 5.94. The number of alkyl halides is 1. The van der Waals surface area contributed by atoms with Gasteiger partial charge in [0.2, 0.25) is 0 Å². The SMILES string of the molecule is CC(Cl)N1CCC(N=CN)CC1. The number of halogens is 1. The zero-order valence-electron chi connectivity index (χ0n) is 7.41. The molecule has 0 aromatic rings. The summed E-state index contributed by atoms with van der Waals surface area (Å²) in [6.07, 6.45) is 3.56. The van der Waals surface area contributed by atoms with Crippen LogP contribution >= 0.6 is 11.6 Å². The molecule has 1 atom stereocenters. The van der Waals surface area contributed by atoms with Gasteiger partial charge in [0.25, 0.3) is 0 Å². The lowest BCUT2D eigenvalue weighted by Gasteiger charge is -2.31. The second-order valence-electron chi connectivity index (χ2n) is 3.14. The quantitative estimate of drug-likeness (QED) is 0.305. The standard InChI is InChI=1S/C8H16ClN3/c1-7(9)12-4-2-8(3-5-12)11-6-10/h6-8H,2-5H2,1H3,(H2,10,11). The van der Waals surface area contributed by atoms with E-state index in [0.29, 0.717) is 6.04 Å². The largest absolute Gasteiger partial charge is 0.390 e. The van der Waals surface area contributed by atoms with E-state index in [1.165, 1.54) is 6.34 Å². The van der Waals surface area contributed by atoms with Gasteiger partial charge in [-0.05, 0) is 19.8 Å². The van der Waals surface area contributed by atoms with Crippen LogP contribution in [0.5, 0.6) is 0 Å². The molecule has 2 N–H and O–H groups in total. The van der Waals surface area contributed by atoms with E-state index >= 15 is 0 Å². The minimum absolute atomic E-state index is 0.146. The fourth-order valence-electron chi connectivity index (χ4n) is 1.51. The topological polar surface area (TPSA) is 41.6 Å². The van der Waals surface area contributed by atoms with Gasteiger partial charge in [-0.25, -0.2) is 0 Å². The number of piperidine rings is 1. The highest BCUT2D eigenvalue weighted by atomic mass is 35.5. The monoisotopic (exact) mass is 189 g/mol. The summed E-state index contributed by atoms with van der Waals surface area (Å²) in [5, 5.41) is 0. The van der Waals surface area contributed by atoms with Crippen LogP contribution in [0.2, 0.25) is 0 Å². The van der Waals surface area contributed by atoms with Crippen LogP contribution in [-0.4, -0.2) is 35.9 Å². The molecule has 0 saturated carbocycles. The van der Waals surface area contributed by atoms with E-state index in [-0.39, 0.29) is 5.50 Å². The van der Waals surface area contributed by atoms with Crippen LogP contribution < -0.4 is 5.73 Å². The highest BCUT2D eigenvalue weighted by Gasteiger charge is 2.20. The van der Waals surface area contributed by atoms with Gasteiger partial charge in [0.15, 0.2) is 0 Å². The van der Waals surface area contributed by atoms with Crippen molar-refractivity contribution in [3.05, 3.63) is 0 Å². The molecule has 1 rings (SSSR count). The molecular formula is C8H16ClN3. The summed E-state index contributed by atoms with van der Waals surface area (Å²) in [7, 11) is 0. The Hall–Kier alpha value is -0.280. The van der Waals surface area contributed by atoms with Gasteiger partial charge in [-0.1, -0.05) is 0 Å². The number of nitrogens with two attached hydrogens (primary N) is 1. The van der Waals surface area contributed by atoms with Crippen LogP contribution in [0, 0.1) is 0 Å². The lowest BCUT2D eigenvalue weighted by Crippen LogP contribution is -2.38. The minimum atomic E-state index is 0.146. The van der Waals surface area contributed by atoms with E-state index in [2.05, 4.69) is 9.89 Å². The zero-order chi connectivity index (χ0) is 8.97. The third-order valence-corrected chi connectivity index (χ3v) is 2.58. The van der Waals surface area contributed by atoms with Gasteiger partial charge in [0.05, 0.1) is 17.9 Å². The second kappa shape index (κ2) is 4.67. The molecule has 3 nitrogen and oxygen atoms in total. The molecule has 0 aliphatic carbocycles. The average molecular weight is 190 g/mol. The third kappa shape index (κ3) is 2.64. The molecule has 0 aromatic heterocycles. The zero-order valence-corrected chi connectivity index (χ0v) is 8.17. The minimum Gasteiger partial charge on any atom is -0.390 e. The second-order valence-corrected chi connectivity index (χ2v) is 3.77. The fourth-order valence-corrected chi connectivity index (χ4v) is 1.71. The van der Waals surface area contributed by atoms with Crippen molar-refractivity contribution in [3.8, 4) is 0 Å². The first kappa shape index (κ1) is 9.81. The van der Waals surface area contributed by atoms with Crippen molar-refractivity contribution in [2.24, 2.45) is 10.7 Å². The predicted octanol–water partition coefficient (Wildman–Crippen LogP) is 1.02. The molecule has 0 aromatic carbocycles. The molecule has 0 radical (unpaired) electrons. The molecule has 0 amide bonds. The predicted molar refractivity (Wildman–Crippen MR) is 52.6 cm³/mol. The van der Waals surface area contributed by atoms with Crippen LogP contribution in [0.3, 0.4) is 0 Å². The Labute approximate surface area is 78.6 Å². The highest BCUT2D eigenvalue weighted by molar-refractivity contribution is 6.20. The normalized spacial score (nSPS) is 24.8. The number of likely N-dealkylation sites (tertiary alicyclic amines) is 1. The first-order chi connectivity index (χ1) is 5.74. The van der Waals surface area contributed by atoms with Gasteiger partial charge < -0.3 is 5.73 Å². The van der Waals surface area contributed by atoms with E-state index < -0.39 is 0 Å². The molecule has 4 heteroatoms. The van der Waals surface area contributed by atoms with Crippen LogP contribution in [0.15, 0.2) is 4.99 Å². The molecule has 1 fully saturated rings. The Balaban J connectivity index is 2.29. The van der Waals surface area contributed by atoms with Gasteiger partial charge in [-0.3, -0.25) is 9.89 Å². The summed E-state index contributed by atoms with van der Waals surface area (Å²) in [4.78, 5) is 6.41. The molecule has 1 unspecified atom stereocenters. The summed E-state index contributed by atoms with van der Waals surface area (Å²) in [6.45, 7) is 4.08. The smallest absolute Gasteiger partial charge is 0.0821 e. The van der Waals surface area contributed by atoms with Gasteiger partial charge in [-0.2, -0.15) is 0 Å². The number of aliphatic imine (C=N–C) groups is 1. The van der Waals surface area contributed by atoms with Crippen LogP contribution in [0.4, 0.5) is 0 Å². The van der Waals surface area contributed by atoms with Crippen molar-refractivity contribution >= 4 is 17.9 Å². The number of hydrogen-bond donors (Lipinski definition) is 1. The maximum atomic E-state index is 5.94. The van der Waals surface area contributed by atoms with Crippen molar-refractivity contribution in [2.45, 2.75) is 31.3 Å². The Bertz CT molecular complexity index is 150. The van der Waals surface area contributed by atoms with Crippen LogP contribution in [0.25, 0.3) is 0 Å². The van der Waals surface area contributed by atoms with Crippen LogP contribution in [0.1, 0.15) is 19.8 Å². The summed E-state index contributed by atoms with van der Waals surface area (Å²) < 4.78 is 0. The molecule has 70 valence electrons. The van der Waals surface area contributed by atoms with Crippen LogP contribution in [-0.2, 0) is 0 Å². The third-order valence-electron chi connectivity index (χ3n) is 2.30. The number of rotatable bonds is 2. The summed E-state index contributed by atoms with van der Waals surface area (Å²) in [6, 6.07) is 0.418. The Morgan fingerprint density at radius 1 is 1.58 bits per heavy atom. The molecule has 1 heterocycles. The molecule has 12 heavy (non-hydrogen) atoms. The van der Waals surface area contributed by atoms with E-state index in [9.17, 15) is 0 Å². The highest BCUT2D eigenvalue weighted by Crippen LogP contribution is 2.16. The van der Waals surface area contributed by atoms with E-state index in [1.807, 2.05) is 6.92 Å². The van der Waals surface area contributed by atoms with Gasteiger partial charge >= 0.3 is 0 Å². The first-order valence-electron chi connectivity index (χ1n) is 4.35. The molecule has 1 aliphatic heterocycles. The van der Waals surface area contributed by atoms with Gasteiger partial charge in [-0.15, -0.1) is 11.6 Å². The first-order valence-corrected chi connectivity index (χ1v) is 4.79. The lowest BCUT2D eigenvalue weighted by molar-refractivity contribution is 0.204. The number of nitrogens with zero attached hydrogens (tertiary/aromatic N) is 2. The van der Waals surface area contributed by atoms with E-state index in [0.717, 1.165) is 25.9 Å². The Morgan fingerprint density at radius 2 is 2.17 bits per heavy atom. The lowest BCUT2D eigenvalue weighted by atomic mass is 10.1. The Kier molecular flexibility index (Phi) is 3.82. The van der Waals surface area contributed by atoms with Crippen molar-refractivity contribution < 1.29 is 0 Å². The molecule has 1 aliphatic rings. The van der Waals surface area contributed by atoms with E-state index in [4.69, 9.17) is 17.3 Å². The van der Waals surface area contributed by atoms with Gasteiger partial charge in [0, 0.05) is 13.1 Å². The molecule has 0 spiro atoms. The molecule has 1 saturated heterocycles. The Morgan fingerprint density at radius 3 is 2.58 bits per heavy atom. The summed E-state index contributed by atoms with van der Waals surface area (Å²) in [5.74, 6) is 0. The molecular weight excluding hydrogens is 174 g/mol. The van der Waals surface area contributed by atoms with E-state index in [1.54, 1.807) is 0 Å². The van der Waals surface area contributed by atoms with Crippen molar-refractivity contribution in [1.29, 1.82) is 0 Å². The van der Waals surface area contributed by atoms with Gasteiger partial charge in [0.1, 0.15) is 0 Å². The average Bonchev–Trinajstić information content (AvgIpc) is 2.06. The molecule has 0 bridgehead atoms.